The summed E-state index contributed by atoms with van der Waals surface area (Å²) in [6.07, 6.45) is 1.31. The van der Waals surface area contributed by atoms with Crippen molar-refractivity contribution in [2.45, 2.75) is 6.92 Å². The van der Waals surface area contributed by atoms with Crippen LogP contribution in [0.2, 0.25) is 0 Å². The maximum Gasteiger partial charge on any atom is 0.276 e. The zero-order valence-electron chi connectivity index (χ0n) is 9.62. The van der Waals surface area contributed by atoms with Crippen molar-refractivity contribution in [3.05, 3.63) is 40.2 Å². The molecule has 0 saturated heterocycles. The van der Waals surface area contributed by atoms with Crippen molar-refractivity contribution in [2.24, 2.45) is 0 Å². The maximum atomic E-state index is 13.9. The molecule has 18 heavy (non-hydrogen) atoms. The first-order valence-electron chi connectivity index (χ1n) is 4.93. The SMILES string of the molecule is COc1cc([N+](=O)[O-])cc(F)c1-n1cnc(C)n1. The van der Waals surface area contributed by atoms with Crippen molar-refractivity contribution in [3.8, 4) is 11.4 Å². The van der Waals surface area contributed by atoms with Gasteiger partial charge in [-0.25, -0.2) is 14.1 Å². The van der Waals surface area contributed by atoms with Crippen LogP contribution in [0.5, 0.6) is 5.75 Å². The van der Waals surface area contributed by atoms with Crippen LogP contribution in [-0.2, 0) is 0 Å². The number of nitro groups is 1. The van der Waals surface area contributed by atoms with Gasteiger partial charge in [0.05, 0.1) is 24.2 Å². The third-order valence-electron chi connectivity index (χ3n) is 2.28. The molecular weight excluding hydrogens is 243 g/mol. The average Bonchev–Trinajstić information content (AvgIpc) is 2.74. The van der Waals surface area contributed by atoms with E-state index in [4.69, 9.17) is 4.74 Å². The van der Waals surface area contributed by atoms with Gasteiger partial charge in [-0.1, -0.05) is 0 Å². The van der Waals surface area contributed by atoms with Crippen LogP contribution in [0.1, 0.15) is 5.82 Å². The van der Waals surface area contributed by atoms with E-state index in [1.165, 1.54) is 18.1 Å². The lowest BCUT2D eigenvalue weighted by Crippen LogP contribution is -2.03. The highest BCUT2D eigenvalue weighted by Crippen LogP contribution is 2.30. The summed E-state index contributed by atoms with van der Waals surface area (Å²) in [6.45, 7) is 1.65. The predicted octanol–water partition coefficient (Wildman–Crippen LogP) is 1.63. The maximum absolute atomic E-state index is 13.9. The lowest BCUT2D eigenvalue weighted by atomic mass is 10.2. The molecule has 0 fully saturated rings. The van der Waals surface area contributed by atoms with Gasteiger partial charge in [0.15, 0.2) is 11.6 Å². The molecule has 0 amide bonds. The Morgan fingerprint density at radius 3 is 2.72 bits per heavy atom. The summed E-state index contributed by atoms with van der Waals surface area (Å²) in [5.41, 5.74) is -0.395. The highest BCUT2D eigenvalue weighted by molar-refractivity contribution is 5.53. The Kier molecular flexibility index (Phi) is 2.92. The number of hydrogen-bond donors (Lipinski definition) is 0. The molecule has 1 aromatic carbocycles. The minimum atomic E-state index is -0.800. The molecule has 2 aromatic rings. The standard InChI is InChI=1S/C10H9FN4O3/c1-6-12-5-14(13-6)10-8(11)3-7(15(16)17)4-9(10)18-2/h3-5H,1-2H3. The number of aryl methyl sites for hydroxylation is 1. The van der Waals surface area contributed by atoms with Gasteiger partial charge >= 0.3 is 0 Å². The van der Waals surface area contributed by atoms with Crippen molar-refractivity contribution in [3.63, 3.8) is 0 Å². The Hall–Kier alpha value is -2.51. The monoisotopic (exact) mass is 252 g/mol. The molecule has 2 rings (SSSR count). The van der Waals surface area contributed by atoms with Gasteiger partial charge < -0.3 is 4.74 Å². The van der Waals surface area contributed by atoms with Crippen LogP contribution >= 0.6 is 0 Å². The molecule has 0 unspecified atom stereocenters. The average molecular weight is 252 g/mol. The third-order valence-corrected chi connectivity index (χ3v) is 2.28. The van der Waals surface area contributed by atoms with Crippen molar-refractivity contribution in [2.75, 3.05) is 7.11 Å². The van der Waals surface area contributed by atoms with Gasteiger partial charge in [0, 0.05) is 0 Å². The van der Waals surface area contributed by atoms with Crippen molar-refractivity contribution in [1.29, 1.82) is 0 Å². The summed E-state index contributed by atoms with van der Waals surface area (Å²) >= 11 is 0. The topological polar surface area (TPSA) is 83.1 Å². The van der Waals surface area contributed by atoms with E-state index < -0.39 is 10.7 Å². The molecule has 0 spiro atoms. The fourth-order valence-corrected chi connectivity index (χ4v) is 1.50. The molecule has 0 saturated carbocycles. The Balaban J connectivity index is 2.63. The van der Waals surface area contributed by atoms with Crippen molar-refractivity contribution < 1.29 is 14.1 Å². The molecule has 0 aliphatic heterocycles. The predicted molar refractivity (Wildman–Crippen MR) is 59.3 cm³/mol. The van der Waals surface area contributed by atoms with Gasteiger partial charge in [-0.05, 0) is 6.92 Å². The van der Waals surface area contributed by atoms with Crippen LogP contribution in [0.15, 0.2) is 18.5 Å². The van der Waals surface area contributed by atoms with Gasteiger partial charge in [0.1, 0.15) is 17.8 Å². The first-order valence-corrected chi connectivity index (χ1v) is 4.93. The van der Waals surface area contributed by atoms with E-state index in [1.807, 2.05) is 0 Å². The van der Waals surface area contributed by atoms with E-state index in [9.17, 15) is 14.5 Å². The lowest BCUT2D eigenvalue weighted by Gasteiger charge is -2.08. The summed E-state index contributed by atoms with van der Waals surface area (Å²) in [7, 11) is 1.30. The molecule has 7 nitrogen and oxygen atoms in total. The van der Waals surface area contributed by atoms with Crippen LogP contribution in [0.4, 0.5) is 10.1 Å². The molecular formula is C10H9FN4O3. The highest BCUT2D eigenvalue weighted by Gasteiger charge is 2.19. The molecule has 94 valence electrons. The Morgan fingerprint density at radius 2 is 2.22 bits per heavy atom. The van der Waals surface area contributed by atoms with Crippen LogP contribution in [-0.4, -0.2) is 26.8 Å². The molecule has 1 heterocycles. The van der Waals surface area contributed by atoms with E-state index in [0.717, 1.165) is 12.1 Å². The number of halogens is 1. The summed E-state index contributed by atoms with van der Waals surface area (Å²) in [5.74, 6) is -0.327. The van der Waals surface area contributed by atoms with Gasteiger partial charge in [0.25, 0.3) is 5.69 Å². The van der Waals surface area contributed by atoms with Crippen LogP contribution in [0.3, 0.4) is 0 Å². The molecule has 0 N–H and O–H groups in total. The highest BCUT2D eigenvalue weighted by atomic mass is 19.1. The summed E-state index contributed by atoms with van der Waals surface area (Å²) in [5, 5.41) is 14.6. The molecule has 0 atom stereocenters. The molecule has 0 aliphatic rings. The van der Waals surface area contributed by atoms with E-state index in [-0.39, 0.29) is 17.1 Å². The number of ether oxygens (including phenoxy) is 1. The second-order valence-electron chi connectivity index (χ2n) is 3.47. The van der Waals surface area contributed by atoms with Crippen LogP contribution in [0, 0.1) is 22.9 Å². The van der Waals surface area contributed by atoms with Gasteiger partial charge in [0.2, 0.25) is 0 Å². The molecule has 8 heteroatoms. The molecule has 1 aromatic heterocycles. The van der Waals surface area contributed by atoms with E-state index in [1.54, 1.807) is 6.92 Å². The number of benzene rings is 1. The van der Waals surface area contributed by atoms with Gasteiger partial charge in [-0.2, -0.15) is 5.10 Å². The van der Waals surface area contributed by atoms with E-state index in [2.05, 4.69) is 10.1 Å². The Labute approximate surface area is 101 Å². The third kappa shape index (κ3) is 1.99. The van der Waals surface area contributed by atoms with Crippen LogP contribution < -0.4 is 4.74 Å². The minimum absolute atomic E-state index is 0.0105. The first-order chi connectivity index (χ1) is 8.52. The minimum Gasteiger partial charge on any atom is -0.494 e. The molecule has 0 aliphatic carbocycles. The fourth-order valence-electron chi connectivity index (χ4n) is 1.50. The zero-order chi connectivity index (χ0) is 13.3. The fraction of sp³-hybridized carbons (Fsp3) is 0.200. The number of non-ortho nitro benzene ring substituents is 1. The second-order valence-corrected chi connectivity index (χ2v) is 3.47. The van der Waals surface area contributed by atoms with Gasteiger partial charge in [-0.3, -0.25) is 10.1 Å². The second kappa shape index (κ2) is 4.40. The summed E-state index contributed by atoms with van der Waals surface area (Å²) in [6, 6.07) is 1.95. The lowest BCUT2D eigenvalue weighted by molar-refractivity contribution is -0.385. The van der Waals surface area contributed by atoms with Crippen LogP contribution in [0.25, 0.3) is 5.69 Å². The van der Waals surface area contributed by atoms with Crippen molar-refractivity contribution >= 4 is 5.69 Å². The summed E-state index contributed by atoms with van der Waals surface area (Å²) in [4.78, 5) is 13.8. The Bertz CT molecular complexity index is 611. The smallest absolute Gasteiger partial charge is 0.276 e. The van der Waals surface area contributed by atoms with E-state index in [0.29, 0.717) is 5.82 Å². The number of hydrogen-bond acceptors (Lipinski definition) is 5. The normalized spacial score (nSPS) is 10.4. The quantitative estimate of drug-likeness (QED) is 0.612. The number of nitro benzene ring substituents is 1. The first kappa shape index (κ1) is 12.0. The number of rotatable bonds is 3. The van der Waals surface area contributed by atoms with Crippen molar-refractivity contribution in [1.82, 2.24) is 14.8 Å². The number of methoxy groups -OCH3 is 1. The molecule has 0 bridgehead atoms. The van der Waals surface area contributed by atoms with Gasteiger partial charge in [-0.15, -0.1) is 0 Å². The largest absolute Gasteiger partial charge is 0.494 e. The Morgan fingerprint density at radius 1 is 1.50 bits per heavy atom. The molecule has 0 radical (unpaired) electrons. The number of nitrogens with zero attached hydrogens (tertiary/aromatic N) is 4. The summed E-state index contributed by atoms with van der Waals surface area (Å²) < 4.78 is 20.0. The number of aromatic nitrogens is 3. The van der Waals surface area contributed by atoms with E-state index >= 15 is 0 Å². The zero-order valence-corrected chi connectivity index (χ0v) is 9.62.